The number of rotatable bonds is 9. The van der Waals surface area contributed by atoms with Crippen molar-refractivity contribution < 1.29 is 24.1 Å². The van der Waals surface area contributed by atoms with Gasteiger partial charge in [0.1, 0.15) is 11.8 Å². The standard InChI is InChI=1S/C30H32N2O6S/c1-7-11-20-14-19(15-23(36-6)27(20)33)16-24-28(34)32-26(21-12-9-10-13-22(21)38-17(3)4)25(29(35)37-8-2)18(5)31-30(32)39-24/h7,9-10,12-17,26,33H,1,8,11H2,2-6H3. The summed E-state index contributed by atoms with van der Waals surface area (Å²) in [5.74, 6) is 0.370. The molecule has 204 valence electrons. The Bertz CT molecular complexity index is 1630. The molecule has 0 radical (unpaired) electrons. The largest absolute Gasteiger partial charge is 0.504 e. The minimum absolute atomic E-state index is 0.0347. The van der Waals surface area contributed by atoms with E-state index in [1.165, 1.54) is 23.0 Å². The molecule has 1 N–H and O–H groups in total. The molecule has 1 unspecified atom stereocenters. The van der Waals surface area contributed by atoms with Crippen molar-refractivity contribution in [2.45, 2.75) is 46.3 Å². The van der Waals surface area contributed by atoms with Crippen LogP contribution in [0.1, 0.15) is 50.4 Å². The summed E-state index contributed by atoms with van der Waals surface area (Å²) >= 11 is 1.22. The molecule has 2 aromatic carbocycles. The highest BCUT2D eigenvalue weighted by atomic mass is 32.1. The zero-order valence-corrected chi connectivity index (χ0v) is 23.5. The fourth-order valence-corrected chi connectivity index (χ4v) is 5.59. The molecular weight excluding hydrogens is 516 g/mol. The number of hydrogen-bond donors (Lipinski definition) is 1. The first kappa shape index (κ1) is 27.9. The number of phenolic OH excluding ortho intramolecular Hbond substituents is 1. The van der Waals surface area contributed by atoms with E-state index in [0.29, 0.717) is 49.6 Å². The molecule has 0 amide bonds. The third kappa shape index (κ3) is 5.54. The second-order valence-corrected chi connectivity index (χ2v) is 10.2. The van der Waals surface area contributed by atoms with Gasteiger partial charge in [-0.1, -0.05) is 35.6 Å². The number of phenols is 1. The van der Waals surface area contributed by atoms with Crippen LogP contribution in [0.5, 0.6) is 17.2 Å². The molecule has 0 saturated heterocycles. The van der Waals surface area contributed by atoms with E-state index in [0.717, 1.165) is 0 Å². The Morgan fingerprint density at radius 3 is 2.67 bits per heavy atom. The van der Waals surface area contributed by atoms with Gasteiger partial charge in [0.05, 0.1) is 35.6 Å². The molecule has 3 aromatic rings. The van der Waals surface area contributed by atoms with Gasteiger partial charge in [-0.15, -0.1) is 6.58 Å². The number of aromatic hydroxyl groups is 1. The first-order chi connectivity index (χ1) is 18.7. The molecule has 0 bridgehead atoms. The number of thiazole rings is 1. The van der Waals surface area contributed by atoms with Gasteiger partial charge in [0, 0.05) is 11.1 Å². The number of para-hydroxylation sites is 1. The second-order valence-electron chi connectivity index (χ2n) is 9.23. The molecule has 1 aliphatic heterocycles. The monoisotopic (exact) mass is 548 g/mol. The molecule has 0 spiro atoms. The number of ether oxygens (including phenoxy) is 3. The van der Waals surface area contributed by atoms with Crippen LogP contribution < -0.4 is 24.4 Å². The van der Waals surface area contributed by atoms with Crippen LogP contribution in [0.15, 0.2) is 70.1 Å². The maximum atomic E-state index is 14.0. The number of hydrogen-bond acceptors (Lipinski definition) is 8. The Labute approximate surface area is 230 Å². The maximum Gasteiger partial charge on any atom is 0.338 e. The zero-order valence-electron chi connectivity index (χ0n) is 22.7. The summed E-state index contributed by atoms with van der Waals surface area (Å²) in [5.41, 5.74) is 2.42. The van der Waals surface area contributed by atoms with E-state index in [2.05, 4.69) is 11.6 Å². The van der Waals surface area contributed by atoms with Gasteiger partial charge in [-0.05, 0) is 64.0 Å². The maximum absolute atomic E-state index is 14.0. The Balaban J connectivity index is 1.98. The van der Waals surface area contributed by atoms with E-state index in [4.69, 9.17) is 14.2 Å². The van der Waals surface area contributed by atoms with Gasteiger partial charge in [-0.2, -0.15) is 0 Å². The summed E-state index contributed by atoms with van der Waals surface area (Å²) in [6.07, 6.45) is 3.73. The number of carbonyl (C=O) groups excluding carboxylic acids is 1. The van der Waals surface area contributed by atoms with E-state index >= 15 is 0 Å². The van der Waals surface area contributed by atoms with Crippen LogP contribution in [0.4, 0.5) is 0 Å². The normalized spacial score (nSPS) is 15.1. The van der Waals surface area contributed by atoms with Crippen molar-refractivity contribution in [3.63, 3.8) is 0 Å². The van der Waals surface area contributed by atoms with Crippen molar-refractivity contribution in [3.8, 4) is 17.2 Å². The lowest BCUT2D eigenvalue weighted by Gasteiger charge is -2.26. The van der Waals surface area contributed by atoms with Crippen LogP contribution in [-0.4, -0.2) is 35.5 Å². The number of carbonyl (C=O) groups is 1. The molecule has 39 heavy (non-hydrogen) atoms. The van der Waals surface area contributed by atoms with Gasteiger partial charge in [0.2, 0.25) is 0 Å². The Morgan fingerprint density at radius 1 is 1.26 bits per heavy atom. The van der Waals surface area contributed by atoms with Crippen molar-refractivity contribution in [1.29, 1.82) is 0 Å². The number of benzene rings is 2. The van der Waals surface area contributed by atoms with Crippen LogP contribution in [0.3, 0.4) is 0 Å². The number of aromatic nitrogens is 1. The molecule has 4 rings (SSSR count). The van der Waals surface area contributed by atoms with Crippen LogP contribution in [0.25, 0.3) is 6.08 Å². The number of allylic oxidation sites excluding steroid dienone is 2. The molecule has 8 nitrogen and oxygen atoms in total. The average molecular weight is 549 g/mol. The molecule has 2 heterocycles. The smallest absolute Gasteiger partial charge is 0.338 e. The minimum atomic E-state index is -0.789. The van der Waals surface area contributed by atoms with Gasteiger partial charge in [0.25, 0.3) is 5.56 Å². The summed E-state index contributed by atoms with van der Waals surface area (Å²) < 4.78 is 18.8. The number of fused-ring (bicyclic) bond motifs is 1. The average Bonchev–Trinajstić information content (AvgIpc) is 3.19. The summed E-state index contributed by atoms with van der Waals surface area (Å²) in [4.78, 5) is 32.3. The zero-order chi connectivity index (χ0) is 28.3. The number of nitrogens with zero attached hydrogens (tertiary/aromatic N) is 2. The van der Waals surface area contributed by atoms with Crippen LogP contribution >= 0.6 is 11.3 Å². The Morgan fingerprint density at radius 2 is 2.00 bits per heavy atom. The fourth-order valence-electron chi connectivity index (χ4n) is 4.54. The summed E-state index contributed by atoms with van der Waals surface area (Å²) in [7, 11) is 1.47. The molecule has 0 saturated carbocycles. The van der Waals surface area contributed by atoms with E-state index in [-0.39, 0.29) is 29.6 Å². The lowest BCUT2D eigenvalue weighted by Crippen LogP contribution is -2.40. The van der Waals surface area contributed by atoms with Gasteiger partial charge in [-0.25, -0.2) is 9.79 Å². The molecule has 1 atom stereocenters. The van der Waals surface area contributed by atoms with Crippen molar-refractivity contribution in [3.05, 3.63) is 96.7 Å². The molecule has 1 aromatic heterocycles. The highest BCUT2D eigenvalue weighted by molar-refractivity contribution is 7.07. The third-order valence-corrected chi connectivity index (χ3v) is 7.13. The van der Waals surface area contributed by atoms with Crippen molar-refractivity contribution >= 4 is 23.4 Å². The topological polar surface area (TPSA) is 99.4 Å². The first-order valence-corrected chi connectivity index (χ1v) is 13.5. The highest BCUT2D eigenvalue weighted by Crippen LogP contribution is 2.36. The molecule has 0 fully saturated rings. The number of methoxy groups -OCH3 is 1. The fraction of sp³-hybridized carbons (Fsp3) is 0.300. The molecule has 9 heteroatoms. The van der Waals surface area contributed by atoms with Crippen LogP contribution in [0, 0.1) is 0 Å². The van der Waals surface area contributed by atoms with E-state index in [1.807, 2.05) is 38.1 Å². The predicted octanol–water partition coefficient (Wildman–Crippen LogP) is 4.03. The van der Waals surface area contributed by atoms with Gasteiger partial charge >= 0.3 is 5.97 Å². The summed E-state index contributed by atoms with van der Waals surface area (Å²) in [6, 6.07) is 10.0. The quantitative estimate of drug-likeness (QED) is 0.320. The Hall–Kier alpha value is -4.11. The van der Waals surface area contributed by atoms with Crippen molar-refractivity contribution in [1.82, 2.24) is 4.57 Å². The summed E-state index contributed by atoms with van der Waals surface area (Å²) in [6.45, 7) is 11.3. The van der Waals surface area contributed by atoms with Gasteiger partial charge < -0.3 is 19.3 Å². The van der Waals surface area contributed by atoms with Crippen molar-refractivity contribution in [2.24, 2.45) is 4.99 Å². The van der Waals surface area contributed by atoms with E-state index in [1.54, 1.807) is 38.1 Å². The van der Waals surface area contributed by atoms with Gasteiger partial charge in [0.15, 0.2) is 16.3 Å². The number of esters is 1. The van der Waals surface area contributed by atoms with E-state index in [9.17, 15) is 14.7 Å². The SMILES string of the molecule is C=CCc1cc(C=c2sc3n(c2=O)C(c2ccccc2OC(C)C)C(C(=O)OCC)=C(C)N=3)cc(OC)c1O. The van der Waals surface area contributed by atoms with Gasteiger partial charge in [-0.3, -0.25) is 9.36 Å². The van der Waals surface area contributed by atoms with Crippen LogP contribution in [0.2, 0.25) is 0 Å². The lowest BCUT2D eigenvalue weighted by molar-refractivity contribution is -0.139. The second kappa shape index (κ2) is 11.7. The predicted molar refractivity (Wildman–Crippen MR) is 151 cm³/mol. The first-order valence-electron chi connectivity index (χ1n) is 12.7. The van der Waals surface area contributed by atoms with E-state index < -0.39 is 12.0 Å². The molecule has 0 aliphatic carbocycles. The molecular formula is C30H32N2O6S. The molecule has 1 aliphatic rings. The minimum Gasteiger partial charge on any atom is -0.504 e. The van der Waals surface area contributed by atoms with Crippen LogP contribution in [-0.2, 0) is 16.0 Å². The lowest BCUT2D eigenvalue weighted by atomic mass is 9.95. The third-order valence-electron chi connectivity index (χ3n) is 6.15. The highest BCUT2D eigenvalue weighted by Gasteiger charge is 2.35. The Kier molecular flexibility index (Phi) is 8.40. The summed E-state index contributed by atoms with van der Waals surface area (Å²) in [5, 5.41) is 10.5. The van der Waals surface area contributed by atoms with Crippen molar-refractivity contribution in [2.75, 3.05) is 13.7 Å².